The van der Waals surface area contributed by atoms with Crippen molar-refractivity contribution in [3.63, 3.8) is 0 Å². The molecule has 0 aliphatic carbocycles. The average molecular weight is 349 g/mol. The van der Waals surface area contributed by atoms with Gasteiger partial charge in [0, 0.05) is 10.4 Å². The highest BCUT2D eigenvalue weighted by Gasteiger charge is 2.15. The molecule has 0 fully saturated rings. The summed E-state index contributed by atoms with van der Waals surface area (Å²) in [5.74, 6) is -1.05. The van der Waals surface area contributed by atoms with Gasteiger partial charge in [-0.05, 0) is 36.4 Å². The van der Waals surface area contributed by atoms with Crippen molar-refractivity contribution >= 4 is 46.0 Å². The van der Waals surface area contributed by atoms with Gasteiger partial charge < -0.3 is 4.42 Å². The molecule has 0 atom stereocenters. The lowest BCUT2D eigenvalue weighted by atomic mass is 10.2. The van der Waals surface area contributed by atoms with Gasteiger partial charge in [0.2, 0.25) is 0 Å². The molecule has 0 saturated carbocycles. The third-order valence-electron chi connectivity index (χ3n) is 3.11. The van der Waals surface area contributed by atoms with Crippen molar-refractivity contribution in [1.29, 1.82) is 0 Å². The maximum absolute atomic E-state index is 12.0. The first-order chi connectivity index (χ1) is 11.0. The molecule has 2 N–H and O–H groups in total. The van der Waals surface area contributed by atoms with E-state index in [1.54, 1.807) is 42.5 Å². The number of furan rings is 1. The van der Waals surface area contributed by atoms with E-state index in [1.807, 2.05) is 0 Å². The number of rotatable bonds is 2. The quantitative estimate of drug-likeness (QED) is 0.691. The van der Waals surface area contributed by atoms with Gasteiger partial charge >= 0.3 is 5.91 Å². The van der Waals surface area contributed by atoms with Crippen molar-refractivity contribution in [2.24, 2.45) is 0 Å². The minimum atomic E-state index is -0.585. The highest BCUT2D eigenvalue weighted by molar-refractivity contribution is 6.33. The van der Waals surface area contributed by atoms with Crippen LogP contribution in [0.1, 0.15) is 20.9 Å². The fraction of sp³-hybridized carbons (Fsp3) is 0. The molecule has 7 heteroatoms. The van der Waals surface area contributed by atoms with Crippen LogP contribution in [0.3, 0.4) is 0 Å². The standard InChI is InChI=1S/C16H10Cl2N2O3/c17-10-5-6-13-9(7-10)8-14(23-13)16(22)20-19-15(21)11-3-1-2-4-12(11)18/h1-8H,(H,19,21)(H,20,22). The predicted octanol–water partition coefficient (Wildman–Crippen LogP) is 3.81. The molecule has 0 radical (unpaired) electrons. The van der Waals surface area contributed by atoms with Crippen LogP contribution in [0.15, 0.2) is 52.9 Å². The Bertz CT molecular complexity index is 905. The maximum atomic E-state index is 12.0. The second kappa shape index (κ2) is 6.32. The number of hydrogen-bond donors (Lipinski definition) is 2. The predicted molar refractivity (Wildman–Crippen MR) is 87.6 cm³/mol. The number of hydrazine groups is 1. The van der Waals surface area contributed by atoms with Crippen LogP contribution in [0.5, 0.6) is 0 Å². The Morgan fingerprint density at radius 1 is 0.913 bits per heavy atom. The summed E-state index contributed by atoms with van der Waals surface area (Å²) in [6.45, 7) is 0. The number of nitrogens with one attached hydrogen (secondary N) is 2. The molecule has 0 bridgehead atoms. The number of fused-ring (bicyclic) bond motifs is 1. The zero-order chi connectivity index (χ0) is 16.4. The van der Waals surface area contributed by atoms with Crippen molar-refractivity contribution in [1.82, 2.24) is 10.9 Å². The van der Waals surface area contributed by atoms with Crippen LogP contribution in [0.4, 0.5) is 0 Å². The van der Waals surface area contributed by atoms with E-state index >= 15 is 0 Å². The Morgan fingerprint density at radius 2 is 1.65 bits per heavy atom. The molecule has 1 heterocycles. The number of carbonyl (C=O) groups excluding carboxylic acids is 2. The van der Waals surface area contributed by atoms with Gasteiger partial charge in [-0.25, -0.2) is 0 Å². The largest absolute Gasteiger partial charge is 0.451 e. The summed E-state index contributed by atoms with van der Waals surface area (Å²) in [5.41, 5.74) is 5.34. The molecular weight excluding hydrogens is 339 g/mol. The summed E-state index contributed by atoms with van der Waals surface area (Å²) in [5, 5.41) is 1.52. The molecule has 2 amide bonds. The number of carbonyl (C=O) groups is 2. The summed E-state index contributed by atoms with van der Waals surface area (Å²) in [6.07, 6.45) is 0. The lowest BCUT2D eigenvalue weighted by Crippen LogP contribution is -2.41. The first-order valence-electron chi connectivity index (χ1n) is 6.59. The summed E-state index contributed by atoms with van der Waals surface area (Å²) >= 11 is 11.8. The normalized spacial score (nSPS) is 10.5. The second-order valence-electron chi connectivity index (χ2n) is 4.68. The summed E-state index contributed by atoms with van der Waals surface area (Å²) in [4.78, 5) is 24.0. The van der Waals surface area contributed by atoms with Gasteiger partial charge in [-0.3, -0.25) is 20.4 Å². The molecule has 116 valence electrons. The van der Waals surface area contributed by atoms with Crippen LogP contribution in [0.25, 0.3) is 11.0 Å². The van der Waals surface area contributed by atoms with Gasteiger partial charge in [-0.1, -0.05) is 35.3 Å². The second-order valence-corrected chi connectivity index (χ2v) is 5.52. The van der Waals surface area contributed by atoms with Crippen molar-refractivity contribution in [2.75, 3.05) is 0 Å². The first kappa shape index (κ1) is 15.4. The third kappa shape index (κ3) is 3.31. The molecule has 5 nitrogen and oxygen atoms in total. The van der Waals surface area contributed by atoms with Crippen LogP contribution in [0.2, 0.25) is 10.0 Å². The van der Waals surface area contributed by atoms with E-state index in [4.69, 9.17) is 27.6 Å². The number of halogens is 2. The molecule has 0 aliphatic rings. The fourth-order valence-electron chi connectivity index (χ4n) is 2.01. The van der Waals surface area contributed by atoms with Crippen molar-refractivity contribution < 1.29 is 14.0 Å². The van der Waals surface area contributed by atoms with E-state index in [9.17, 15) is 9.59 Å². The van der Waals surface area contributed by atoms with Gasteiger partial charge in [0.25, 0.3) is 5.91 Å². The van der Waals surface area contributed by atoms with Crippen molar-refractivity contribution in [2.45, 2.75) is 0 Å². The van der Waals surface area contributed by atoms with E-state index in [0.717, 1.165) is 0 Å². The topological polar surface area (TPSA) is 71.3 Å². The Hall–Kier alpha value is -2.50. The molecule has 23 heavy (non-hydrogen) atoms. The van der Waals surface area contributed by atoms with E-state index < -0.39 is 11.8 Å². The maximum Gasteiger partial charge on any atom is 0.305 e. The number of hydrogen-bond acceptors (Lipinski definition) is 3. The molecular formula is C16H10Cl2N2O3. The molecule has 0 unspecified atom stereocenters. The van der Waals surface area contributed by atoms with Gasteiger partial charge in [0.1, 0.15) is 5.58 Å². The van der Waals surface area contributed by atoms with E-state index in [0.29, 0.717) is 16.0 Å². The third-order valence-corrected chi connectivity index (χ3v) is 3.67. The zero-order valence-corrected chi connectivity index (χ0v) is 13.1. The van der Waals surface area contributed by atoms with Crippen LogP contribution in [-0.4, -0.2) is 11.8 Å². The fourth-order valence-corrected chi connectivity index (χ4v) is 2.42. The van der Waals surface area contributed by atoms with Crippen LogP contribution in [0, 0.1) is 0 Å². The van der Waals surface area contributed by atoms with E-state index in [2.05, 4.69) is 10.9 Å². The molecule has 0 aliphatic heterocycles. The van der Waals surface area contributed by atoms with Crippen LogP contribution < -0.4 is 10.9 Å². The Morgan fingerprint density at radius 3 is 2.43 bits per heavy atom. The average Bonchev–Trinajstić information content (AvgIpc) is 2.95. The van der Waals surface area contributed by atoms with E-state index in [-0.39, 0.29) is 16.3 Å². The monoisotopic (exact) mass is 348 g/mol. The smallest absolute Gasteiger partial charge is 0.305 e. The molecule has 2 aromatic carbocycles. The molecule has 3 rings (SSSR count). The molecule has 0 saturated heterocycles. The Labute approximate surface area is 141 Å². The molecule has 1 aromatic heterocycles. The Balaban J connectivity index is 1.71. The lowest BCUT2D eigenvalue weighted by molar-refractivity contribution is 0.0832. The number of benzene rings is 2. The van der Waals surface area contributed by atoms with Gasteiger partial charge in [-0.2, -0.15) is 0 Å². The summed E-state index contributed by atoms with van der Waals surface area (Å²) < 4.78 is 5.40. The van der Waals surface area contributed by atoms with Gasteiger partial charge in [-0.15, -0.1) is 0 Å². The first-order valence-corrected chi connectivity index (χ1v) is 7.34. The Kier molecular flexibility index (Phi) is 4.23. The SMILES string of the molecule is O=C(NNC(=O)c1ccccc1Cl)c1cc2cc(Cl)ccc2o1. The van der Waals surface area contributed by atoms with Gasteiger partial charge in [0.15, 0.2) is 5.76 Å². The zero-order valence-electron chi connectivity index (χ0n) is 11.6. The summed E-state index contributed by atoms with van der Waals surface area (Å²) in [6, 6.07) is 13.1. The van der Waals surface area contributed by atoms with Gasteiger partial charge in [0.05, 0.1) is 10.6 Å². The highest BCUT2D eigenvalue weighted by atomic mass is 35.5. The lowest BCUT2D eigenvalue weighted by Gasteiger charge is -2.06. The summed E-state index contributed by atoms with van der Waals surface area (Å²) in [7, 11) is 0. The number of amides is 2. The van der Waals surface area contributed by atoms with Crippen molar-refractivity contribution in [3.8, 4) is 0 Å². The van der Waals surface area contributed by atoms with Crippen LogP contribution >= 0.6 is 23.2 Å². The minimum Gasteiger partial charge on any atom is -0.451 e. The molecule has 3 aromatic rings. The van der Waals surface area contributed by atoms with Crippen LogP contribution in [-0.2, 0) is 0 Å². The highest BCUT2D eigenvalue weighted by Crippen LogP contribution is 2.23. The van der Waals surface area contributed by atoms with Crippen molar-refractivity contribution in [3.05, 3.63) is 69.9 Å². The minimum absolute atomic E-state index is 0.0572. The van der Waals surface area contributed by atoms with E-state index in [1.165, 1.54) is 6.07 Å². The molecule has 0 spiro atoms.